The molecule has 47 heavy (non-hydrogen) atoms. The number of rotatable bonds is 10. The molecule has 0 bridgehead atoms. The molecule has 2 unspecified atom stereocenters. The van der Waals surface area contributed by atoms with Crippen molar-refractivity contribution in [3.63, 3.8) is 0 Å². The minimum Gasteiger partial charge on any atom is -0.496 e. The molecule has 11 nitrogen and oxygen atoms in total. The maximum Gasteiger partial charge on any atom is 0.411 e. The molecule has 250 valence electrons. The Morgan fingerprint density at radius 1 is 1.17 bits per heavy atom. The molecule has 2 saturated carbocycles. The van der Waals surface area contributed by atoms with Crippen molar-refractivity contribution in [2.45, 2.75) is 77.0 Å². The number of allylic oxidation sites excluding steroid dienone is 1. The summed E-state index contributed by atoms with van der Waals surface area (Å²) in [6.45, 7) is 11.3. The molecule has 0 radical (unpaired) electrons. The van der Waals surface area contributed by atoms with E-state index in [1.54, 1.807) is 45.3 Å². The number of hydrogen-bond donors (Lipinski definition) is 1. The topological polar surface area (TPSA) is 129 Å². The summed E-state index contributed by atoms with van der Waals surface area (Å²) in [5.74, 6) is 0.923. The lowest BCUT2D eigenvalue weighted by Crippen LogP contribution is -2.49. The number of amides is 2. The van der Waals surface area contributed by atoms with E-state index in [9.17, 15) is 14.4 Å². The highest BCUT2D eigenvalue weighted by Gasteiger charge is 2.60. The van der Waals surface area contributed by atoms with Crippen molar-refractivity contribution in [2.75, 3.05) is 27.3 Å². The number of likely N-dealkylation sites (tertiary alicyclic amines) is 1. The fourth-order valence-electron chi connectivity index (χ4n) is 6.33. The van der Waals surface area contributed by atoms with Crippen LogP contribution in [0.4, 0.5) is 4.79 Å². The molecule has 2 aromatic heterocycles. The summed E-state index contributed by atoms with van der Waals surface area (Å²) >= 11 is 1.56. The molecule has 4 atom stereocenters. The van der Waals surface area contributed by atoms with Gasteiger partial charge < -0.3 is 24.3 Å². The number of fused-ring (bicyclic) bond motifs is 1. The molecule has 3 aromatic rings. The van der Waals surface area contributed by atoms with Crippen LogP contribution in [0.3, 0.4) is 0 Å². The number of nitrogens with zero attached hydrogens (tertiary/aromatic N) is 3. The van der Waals surface area contributed by atoms with Gasteiger partial charge in [-0.3, -0.25) is 14.5 Å². The molecule has 3 aliphatic rings. The summed E-state index contributed by atoms with van der Waals surface area (Å²) in [5, 5.41) is 6.60. The van der Waals surface area contributed by atoms with Gasteiger partial charge in [-0.2, -0.15) is 0 Å². The Labute approximate surface area is 278 Å². The Kier molecular flexibility index (Phi) is 8.67. The van der Waals surface area contributed by atoms with E-state index in [2.05, 4.69) is 17.3 Å². The lowest BCUT2D eigenvalue weighted by molar-refractivity contribution is -0.147. The van der Waals surface area contributed by atoms with Gasteiger partial charge in [-0.1, -0.05) is 6.08 Å². The van der Waals surface area contributed by atoms with Crippen LogP contribution in [-0.4, -0.2) is 77.9 Å². The number of thiazole rings is 1. The van der Waals surface area contributed by atoms with E-state index < -0.39 is 41.1 Å². The number of ether oxygens (including phenoxy) is 4. The Hall–Kier alpha value is -4.19. The number of nitrogens with one attached hydrogen (secondary N) is 1. The van der Waals surface area contributed by atoms with Crippen molar-refractivity contribution in [1.82, 2.24) is 20.2 Å². The highest BCUT2D eigenvalue weighted by Crippen LogP contribution is 2.53. The van der Waals surface area contributed by atoms with Crippen molar-refractivity contribution < 1.29 is 33.3 Å². The van der Waals surface area contributed by atoms with Crippen LogP contribution < -0.4 is 14.8 Å². The van der Waals surface area contributed by atoms with Gasteiger partial charge in [0.05, 0.1) is 37.4 Å². The predicted octanol–water partition coefficient (Wildman–Crippen LogP) is 5.79. The number of hydrogen-bond acceptors (Lipinski definition) is 10. The number of aromatic nitrogens is 2. The van der Waals surface area contributed by atoms with Gasteiger partial charge in [-0.25, -0.2) is 14.8 Å². The fourth-order valence-corrected chi connectivity index (χ4v) is 7.19. The Morgan fingerprint density at radius 2 is 1.94 bits per heavy atom. The number of benzene rings is 1. The van der Waals surface area contributed by atoms with E-state index in [4.69, 9.17) is 28.9 Å². The number of methoxy groups -OCH3 is 2. The number of carbonyl (C=O) groups is 3. The Morgan fingerprint density at radius 3 is 2.57 bits per heavy atom. The van der Waals surface area contributed by atoms with Crippen molar-refractivity contribution >= 4 is 40.2 Å². The number of carbonyl (C=O) groups excluding carboxylic acids is 3. The van der Waals surface area contributed by atoms with Gasteiger partial charge in [0, 0.05) is 41.3 Å². The second kappa shape index (κ2) is 12.4. The van der Waals surface area contributed by atoms with Crippen molar-refractivity contribution in [3.8, 4) is 22.2 Å². The molecule has 6 rings (SSSR count). The number of pyridine rings is 1. The van der Waals surface area contributed by atoms with Crippen LogP contribution in [0.5, 0.6) is 11.5 Å². The highest BCUT2D eigenvalue weighted by atomic mass is 32.1. The number of aryl methyl sites for hydroxylation is 1. The molecule has 1 aliphatic heterocycles. The second-order valence-electron chi connectivity index (χ2n) is 13.7. The van der Waals surface area contributed by atoms with Crippen LogP contribution in [0, 0.1) is 18.3 Å². The zero-order valence-electron chi connectivity index (χ0n) is 27.8. The molecule has 2 amide bonds. The van der Waals surface area contributed by atoms with Crippen molar-refractivity contribution in [1.29, 1.82) is 0 Å². The molecule has 0 spiro atoms. The zero-order chi connectivity index (χ0) is 33.7. The van der Waals surface area contributed by atoms with Crippen LogP contribution >= 0.6 is 11.3 Å². The van der Waals surface area contributed by atoms with Crippen LogP contribution in [0.2, 0.25) is 0 Å². The van der Waals surface area contributed by atoms with Gasteiger partial charge in [0.15, 0.2) is 0 Å². The number of esters is 1. The fraction of sp³-hybridized carbons (Fsp3) is 0.514. The van der Waals surface area contributed by atoms with Gasteiger partial charge in [-0.15, -0.1) is 17.9 Å². The first-order chi connectivity index (χ1) is 22.4. The van der Waals surface area contributed by atoms with E-state index >= 15 is 0 Å². The second-order valence-corrected chi connectivity index (χ2v) is 14.5. The minimum atomic E-state index is -0.875. The summed E-state index contributed by atoms with van der Waals surface area (Å²) in [7, 11) is 2.96. The smallest absolute Gasteiger partial charge is 0.411 e. The maximum absolute atomic E-state index is 13.7. The van der Waals surface area contributed by atoms with Gasteiger partial charge in [-0.05, 0) is 65.0 Å². The largest absolute Gasteiger partial charge is 0.496 e. The lowest BCUT2D eigenvalue weighted by atomic mass is 10.0. The normalized spacial score (nSPS) is 23.7. The third-order valence-electron chi connectivity index (χ3n) is 9.18. The van der Waals surface area contributed by atoms with Crippen molar-refractivity contribution in [2.24, 2.45) is 11.3 Å². The average molecular weight is 663 g/mol. The van der Waals surface area contributed by atoms with E-state index in [-0.39, 0.29) is 25.4 Å². The van der Waals surface area contributed by atoms with Gasteiger partial charge in [0.1, 0.15) is 39.9 Å². The summed E-state index contributed by atoms with van der Waals surface area (Å²) < 4.78 is 23.0. The molecular formula is C35H42N4O7S. The highest BCUT2D eigenvalue weighted by molar-refractivity contribution is 7.13. The first-order valence-corrected chi connectivity index (χ1v) is 16.8. The summed E-state index contributed by atoms with van der Waals surface area (Å²) in [5.41, 5.74) is 1.76. The Bertz CT molecular complexity index is 1730. The summed E-state index contributed by atoms with van der Waals surface area (Å²) in [6, 6.07) is 4.80. The van der Waals surface area contributed by atoms with Crippen LogP contribution in [0.25, 0.3) is 21.6 Å². The van der Waals surface area contributed by atoms with Gasteiger partial charge in [0.2, 0.25) is 5.91 Å². The lowest BCUT2D eigenvalue weighted by Gasteiger charge is -2.28. The van der Waals surface area contributed by atoms with E-state index in [1.165, 1.54) is 12.0 Å². The monoisotopic (exact) mass is 662 g/mol. The standard InChI is InChI=1S/C35H42N4O7S/c1-8-21-15-35(21,32(41)44-7)18-36-30(40)26-13-22(16-39(26)33(42)46-34(3,4)5)45-28-14-24(31-38-25(17-47-31)20-9-10-20)37-29-19(2)27(43-6)12-11-23(28)29/h8,11-12,14,17,20-22,26H,1,9-10,13,15-16,18H2,2-7H3,(H,36,40)/t21-,22?,26+,35?/m1/s1. The minimum absolute atomic E-state index is 0.0789. The third-order valence-corrected chi connectivity index (χ3v) is 10.1. The molecule has 12 heteroatoms. The van der Waals surface area contributed by atoms with Gasteiger partial charge in [0.25, 0.3) is 0 Å². The Balaban J connectivity index is 1.29. The quantitative estimate of drug-likeness (QED) is 0.212. The van der Waals surface area contributed by atoms with Crippen LogP contribution in [-0.2, 0) is 19.1 Å². The third kappa shape index (κ3) is 6.52. The van der Waals surface area contributed by atoms with E-state index in [0.29, 0.717) is 29.5 Å². The van der Waals surface area contributed by atoms with E-state index in [1.807, 2.05) is 25.1 Å². The molecule has 1 aromatic carbocycles. The zero-order valence-corrected chi connectivity index (χ0v) is 28.6. The van der Waals surface area contributed by atoms with Crippen LogP contribution in [0.1, 0.15) is 63.6 Å². The SMILES string of the molecule is C=C[C@@H]1CC1(CNC(=O)[C@@H]1CC(Oc2cc(-c3nc(C4CC4)cs3)nc3c(C)c(OC)ccc23)CN1C(=O)OC(C)(C)C)C(=O)OC. The van der Waals surface area contributed by atoms with Crippen LogP contribution in [0.15, 0.2) is 36.2 Å². The molecule has 3 heterocycles. The first kappa shape index (κ1) is 32.7. The maximum atomic E-state index is 13.7. The molecule has 2 aliphatic carbocycles. The molecule has 1 N–H and O–H groups in total. The molecular weight excluding hydrogens is 620 g/mol. The molecule has 3 fully saturated rings. The predicted molar refractivity (Wildman–Crippen MR) is 178 cm³/mol. The first-order valence-electron chi connectivity index (χ1n) is 16.0. The summed E-state index contributed by atoms with van der Waals surface area (Å²) in [6.07, 6.45) is 3.63. The molecule has 1 saturated heterocycles. The summed E-state index contributed by atoms with van der Waals surface area (Å²) in [4.78, 5) is 51.0. The van der Waals surface area contributed by atoms with E-state index in [0.717, 1.165) is 40.0 Å². The average Bonchev–Trinajstić information content (AvgIpc) is 3.92. The van der Waals surface area contributed by atoms with Gasteiger partial charge >= 0.3 is 12.1 Å². The van der Waals surface area contributed by atoms with Crippen molar-refractivity contribution in [3.05, 3.63) is 47.5 Å².